The molecule has 3 aliphatic rings. The highest BCUT2D eigenvalue weighted by Crippen LogP contribution is 2.39. The summed E-state index contributed by atoms with van der Waals surface area (Å²) in [6.45, 7) is 33.8. The molecule has 35 heteroatoms. The van der Waals surface area contributed by atoms with Crippen molar-refractivity contribution in [2.75, 3.05) is 119 Å². The van der Waals surface area contributed by atoms with Crippen LogP contribution in [0.1, 0.15) is 196 Å². The lowest BCUT2D eigenvalue weighted by molar-refractivity contribution is -0.276. The van der Waals surface area contributed by atoms with E-state index in [-0.39, 0.29) is 152 Å². The Bertz CT molecular complexity index is 2730. The third-order valence-electron chi connectivity index (χ3n) is 19.9. The molecule has 0 saturated carbocycles. The molecule has 0 radical (unpaired) electrons. The molecule has 114 heavy (non-hydrogen) atoms. The number of amides is 8. The molecular formula is C79H146N8O27. The summed E-state index contributed by atoms with van der Waals surface area (Å²) in [7, 11) is 1.64. The van der Waals surface area contributed by atoms with Crippen LogP contribution in [0.3, 0.4) is 0 Å². The molecule has 17 N–H and O–H groups in total. The van der Waals surface area contributed by atoms with Crippen LogP contribution >= 0.6 is 0 Å². The number of hydrogen-bond donors (Lipinski definition) is 17. The van der Waals surface area contributed by atoms with Crippen molar-refractivity contribution in [3.05, 3.63) is 0 Å². The zero-order chi connectivity index (χ0) is 86.6. The van der Waals surface area contributed by atoms with Crippen molar-refractivity contribution in [3.8, 4) is 0 Å². The SMILES string of the molecule is COCC(C)(C)CC(C)(C)CNC(=O)CCCC(=O)NC(COCCC(=O)NCC(C)(C)CC(C)(C)COC1OC(CO)C(O)C(O)C1NC(C)=O)(COCCC(=O)NCC(C)(C)CC(C)(C)COC1OC(CO)C(O)C(O)C1NC(C)=O)COCCC(=O)NCC(C)(C)CC(C)(C)COC1OC(CO)C(O)C(O)C1NC(C)=O. The van der Waals surface area contributed by atoms with Crippen molar-refractivity contribution >= 4 is 47.3 Å². The molecule has 3 heterocycles. The second-order valence-electron chi connectivity index (χ2n) is 37.9. The van der Waals surface area contributed by atoms with Gasteiger partial charge in [0.1, 0.15) is 78.6 Å². The first-order chi connectivity index (χ1) is 52.6. The minimum absolute atomic E-state index is 0.0160. The van der Waals surface area contributed by atoms with E-state index in [1.54, 1.807) is 7.11 Å². The van der Waals surface area contributed by atoms with Crippen LogP contribution in [-0.2, 0) is 85.7 Å². The summed E-state index contributed by atoms with van der Waals surface area (Å²) in [5.74, 6) is -3.36. The molecule has 0 aromatic carbocycles. The Hall–Kier alpha value is -5.00. The third kappa shape index (κ3) is 37.9. The van der Waals surface area contributed by atoms with E-state index in [2.05, 4.69) is 70.2 Å². The molecule has 0 bridgehead atoms. The largest absolute Gasteiger partial charge is 0.394 e. The summed E-state index contributed by atoms with van der Waals surface area (Å²) in [6.07, 6.45) is -14.3. The van der Waals surface area contributed by atoms with E-state index < -0.39 is 173 Å². The van der Waals surface area contributed by atoms with Crippen molar-refractivity contribution in [2.24, 2.45) is 43.3 Å². The number of ether oxygens (including phenoxy) is 10. The molecule has 0 spiro atoms. The highest BCUT2D eigenvalue weighted by atomic mass is 16.7. The average Bonchev–Trinajstić information content (AvgIpc) is 0.809. The van der Waals surface area contributed by atoms with Gasteiger partial charge in [0.2, 0.25) is 47.3 Å². The standard InChI is InChI=1S/C79H146N8O27/c1-48(91)84-59-65(102)62(99)51(30-88)112-68(59)109-42-76(14,15)34-72(6,7)38-81-55(95)24-27-106-45-79(87-58(98)23-21-22-54(94)80-37-71(4,5)33-75(12,13)41-105-20,46-107-28-25-56(96)82-39-73(8,9)35-77(16,17)43-110-69-60(85-49(2)92)66(103)63(100)52(31-89)113-69)47-108-29-26-57(97)83-40-74(10,11)36-78(18,19)44-111-70-61(86-50(3)93)67(104)64(101)53(32-90)114-70/h51-53,59-70,88-90,99-104H,21-47H2,1-20H3,(H,80,94)(H,81,95)(H,82,96)(H,83,97)(H,84,91)(H,85,92)(H,86,93)(H,87,98). The van der Waals surface area contributed by atoms with E-state index in [0.29, 0.717) is 32.4 Å². The fourth-order valence-corrected chi connectivity index (χ4v) is 15.8. The predicted molar refractivity (Wildman–Crippen MR) is 418 cm³/mol. The predicted octanol–water partition coefficient (Wildman–Crippen LogP) is -0.00610. The Morgan fingerprint density at radius 3 is 0.825 bits per heavy atom. The lowest BCUT2D eigenvalue weighted by Crippen LogP contribution is -2.64. The lowest BCUT2D eigenvalue weighted by atomic mass is 9.75. The van der Waals surface area contributed by atoms with Gasteiger partial charge in [-0.2, -0.15) is 0 Å². The molecule has 15 atom stereocenters. The maximum absolute atomic E-state index is 14.3. The number of hydrogen-bond acceptors (Lipinski definition) is 27. The van der Waals surface area contributed by atoms with E-state index in [4.69, 9.17) is 47.4 Å². The van der Waals surface area contributed by atoms with E-state index in [1.165, 1.54) is 20.8 Å². The van der Waals surface area contributed by atoms with Gasteiger partial charge in [-0.3, -0.25) is 38.4 Å². The number of aliphatic hydroxyl groups excluding tert-OH is 9. The molecule has 0 aliphatic carbocycles. The monoisotopic (exact) mass is 1640 g/mol. The van der Waals surface area contributed by atoms with Gasteiger partial charge in [-0.25, -0.2) is 0 Å². The normalized spacial score (nSPS) is 25.4. The molecular weight excluding hydrogens is 1490 g/mol. The second kappa shape index (κ2) is 46.5. The Morgan fingerprint density at radius 1 is 0.333 bits per heavy atom. The zero-order valence-corrected chi connectivity index (χ0v) is 71.6. The first kappa shape index (κ1) is 103. The van der Waals surface area contributed by atoms with Gasteiger partial charge >= 0.3 is 0 Å². The van der Waals surface area contributed by atoms with Crippen molar-refractivity contribution in [3.63, 3.8) is 0 Å². The van der Waals surface area contributed by atoms with Gasteiger partial charge in [-0.1, -0.05) is 111 Å². The summed E-state index contributed by atoms with van der Waals surface area (Å²) in [5, 5.41) is 116. The number of nitrogens with one attached hydrogen (secondary N) is 8. The Morgan fingerprint density at radius 2 is 0.579 bits per heavy atom. The topological polar surface area (TPSA) is 507 Å². The van der Waals surface area contributed by atoms with Gasteiger partial charge in [-0.05, 0) is 75.4 Å². The highest BCUT2D eigenvalue weighted by Gasteiger charge is 2.50. The first-order valence-corrected chi connectivity index (χ1v) is 39.8. The molecule has 0 aromatic rings. The smallest absolute Gasteiger partial charge is 0.222 e. The molecule has 35 nitrogen and oxygen atoms in total. The van der Waals surface area contributed by atoms with Gasteiger partial charge in [0, 0.05) is 86.2 Å². The van der Waals surface area contributed by atoms with Gasteiger partial charge < -0.3 is 136 Å². The lowest BCUT2D eigenvalue weighted by Gasteiger charge is -2.43. The fourth-order valence-electron chi connectivity index (χ4n) is 15.8. The van der Waals surface area contributed by atoms with Gasteiger partial charge in [0.15, 0.2) is 18.9 Å². The average molecular weight is 1640 g/mol. The Balaban J connectivity index is 1.85. The van der Waals surface area contributed by atoms with Crippen molar-refractivity contribution in [1.29, 1.82) is 0 Å². The third-order valence-corrected chi connectivity index (χ3v) is 19.9. The molecule has 8 amide bonds. The van der Waals surface area contributed by atoms with Crippen LogP contribution in [0.5, 0.6) is 0 Å². The van der Waals surface area contributed by atoms with Crippen molar-refractivity contribution in [1.82, 2.24) is 42.5 Å². The van der Waals surface area contributed by atoms with Gasteiger partial charge in [0.05, 0.1) is 85.9 Å². The summed E-state index contributed by atoms with van der Waals surface area (Å²) >= 11 is 0. The van der Waals surface area contributed by atoms with Gasteiger partial charge in [-0.15, -0.1) is 0 Å². The number of carbonyl (C=O) groups is 8. The van der Waals surface area contributed by atoms with Crippen LogP contribution in [0.4, 0.5) is 0 Å². The first-order valence-electron chi connectivity index (χ1n) is 39.8. The molecule has 3 fully saturated rings. The van der Waals surface area contributed by atoms with Gasteiger partial charge in [0.25, 0.3) is 0 Å². The minimum atomic E-state index is -1.53. The van der Waals surface area contributed by atoms with Crippen molar-refractivity contribution in [2.45, 2.75) is 293 Å². The molecule has 0 aromatic heterocycles. The number of aliphatic hydroxyl groups is 9. The van der Waals surface area contributed by atoms with E-state index >= 15 is 0 Å². The molecule has 3 saturated heterocycles. The van der Waals surface area contributed by atoms with Crippen LogP contribution in [0.25, 0.3) is 0 Å². The van der Waals surface area contributed by atoms with Crippen LogP contribution in [0.15, 0.2) is 0 Å². The zero-order valence-electron chi connectivity index (χ0n) is 71.6. The summed E-state index contributed by atoms with van der Waals surface area (Å²) in [5.41, 5.74) is -5.36. The van der Waals surface area contributed by atoms with Crippen LogP contribution in [-0.4, -0.2) is 310 Å². The maximum Gasteiger partial charge on any atom is 0.222 e. The molecule has 3 rings (SSSR count). The number of carbonyl (C=O) groups excluding carboxylic acids is 8. The maximum atomic E-state index is 14.3. The summed E-state index contributed by atoms with van der Waals surface area (Å²) in [4.78, 5) is 105. The number of methoxy groups -OCH3 is 1. The summed E-state index contributed by atoms with van der Waals surface area (Å²) < 4.78 is 59.9. The molecule has 3 aliphatic heterocycles. The van der Waals surface area contributed by atoms with Crippen LogP contribution in [0.2, 0.25) is 0 Å². The van der Waals surface area contributed by atoms with E-state index in [0.717, 1.165) is 6.42 Å². The Labute approximate surface area is 674 Å². The van der Waals surface area contributed by atoms with Crippen molar-refractivity contribution < 1.29 is 132 Å². The molecule has 664 valence electrons. The van der Waals surface area contributed by atoms with Crippen LogP contribution < -0.4 is 42.5 Å². The highest BCUT2D eigenvalue weighted by molar-refractivity contribution is 5.80. The quantitative estimate of drug-likeness (QED) is 0.0356. The van der Waals surface area contributed by atoms with E-state index in [9.17, 15) is 84.3 Å². The van der Waals surface area contributed by atoms with Crippen LogP contribution in [0, 0.1) is 43.3 Å². The Kier molecular flexibility index (Phi) is 42.1. The molecule has 15 unspecified atom stereocenters. The second-order valence-corrected chi connectivity index (χ2v) is 37.9. The number of rotatable bonds is 53. The van der Waals surface area contributed by atoms with E-state index in [1.807, 2.05) is 83.1 Å². The summed E-state index contributed by atoms with van der Waals surface area (Å²) in [6, 6.07) is -3.40. The fraction of sp³-hybridized carbons (Fsp3) is 0.899. The minimum Gasteiger partial charge on any atom is -0.394 e.